The maximum Gasteiger partial charge on any atom is 0.0751 e. The van der Waals surface area contributed by atoms with E-state index in [1.807, 2.05) is 47.4 Å². The number of rotatable bonds is 4. The Kier molecular flexibility index (Phi) is 3.64. The Morgan fingerprint density at radius 3 is 2.70 bits per heavy atom. The lowest BCUT2D eigenvalue weighted by molar-refractivity contribution is 0.636. The molecule has 0 aliphatic heterocycles. The van der Waals surface area contributed by atoms with Gasteiger partial charge in [0.1, 0.15) is 0 Å². The molecule has 0 saturated heterocycles. The Morgan fingerprint density at radius 2 is 2.05 bits per heavy atom. The number of benzene rings is 1. The quantitative estimate of drug-likeness (QED) is 0.572. The third kappa shape index (κ3) is 2.38. The van der Waals surface area contributed by atoms with Gasteiger partial charge < -0.3 is 0 Å². The van der Waals surface area contributed by atoms with Gasteiger partial charge in [0.15, 0.2) is 0 Å². The first-order valence-corrected chi connectivity index (χ1v) is 7.27. The lowest BCUT2D eigenvalue weighted by Gasteiger charge is -2.13. The van der Waals surface area contributed by atoms with Crippen LogP contribution in [-0.2, 0) is 0 Å². The van der Waals surface area contributed by atoms with Crippen LogP contribution < -0.4 is 11.3 Å². The average Bonchev–Trinajstić information content (AvgIpc) is 3.12. The van der Waals surface area contributed by atoms with Gasteiger partial charge in [-0.15, -0.1) is 11.3 Å². The highest BCUT2D eigenvalue weighted by molar-refractivity contribution is 7.10. The van der Waals surface area contributed by atoms with Crippen molar-refractivity contribution in [1.82, 2.24) is 15.2 Å². The summed E-state index contributed by atoms with van der Waals surface area (Å²) < 4.78 is 1.86. The van der Waals surface area contributed by atoms with Crippen molar-refractivity contribution in [2.24, 2.45) is 5.84 Å². The smallest absolute Gasteiger partial charge is 0.0751 e. The Labute approximate surface area is 121 Å². The van der Waals surface area contributed by atoms with E-state index in [1.54, 1.807) is 11.3 Å². The third-order valence-electron chi connectivity index (χ3n) is 3.33. The van der Waals surface area contributed by atoms with Gasteiger partial charge in [-0.2, -0.15) is 5.10 Å². The number of hydrogen-bond donors (Lipinski definition) is 2. The van der Waals surface area contributed by atoms with E-state index in [1.165, 1.54) is 10.4 Å². The van der Waals surface area contributed by atoms with Crippen LogP contribution in [0.1, 0.15) is 22.0 Å². The monoisotopic (exact) mass is 284 g/mol. The zero-order valence-corrected chi connectivity index (χ0v) is 12.0. The van der Waals surface area contributed by atoms with Crippen molar-refractivity contribution in [3.05, 3.63) is 70.2 Å². The molecular formula is C15H16N4S. The molecule has 3 N–H and O–H groups in total. The van der Waals surface area contributed by atoms with Gasteiger partial charge in [0.25, 0.3) is 0 Å². The minimum atomic E-state index is -0.0290. The van der Waals surface area contributed by atoms with Crippen molar-refractivity contribution in [1.29, 1.82) is 0 Å². The summed E-state index contributed by atoms with van der Waals surface area (Å²) in [4.78, 5) is 1.26. The summed E-state index contributed by atoms with van der Waals surface area (Å²) in [6.07, 6.45) is 3.87. The van der Waals surface area contributed by atoms with Crippen LogP contribution in [0.2, 0.25) is 0 Å². The molecule has 1 aromatic carbocycles. The second kappa shape index (κ2) is 5.58. The number of hydrogen-bond acceptors (Lipinski definition) is 4. The zero-order chi connectivity index (χ0) is 13.9. The summed E-state index contributed by atoms with van der Waals surface area (Å²) in [7, 11) is 0. The van der Waals surface area contributed by atoms with Crippen LogP contribution >= 0.6 is 11.3 Å². The number of hydrazine groups is 1. The molecule has 0 radical (unpaired) electrons. The largest absolute Gasteiger partial charge is 0.271 e. The minimum Gasteiger partial charge on any atom is -0.271 e. The molecule has 0 spiro atoms. The Balaban J connectivity index is 1.95. The molecule has 5 heteroatoms. The van der Waals surface area contributed by atoms with E-state index in [-0.39, 0.29) is 6.04 Å². The SMILES string of the molecule is Cc1sccc1C(NN)c1cnn(-c2ccccc2)c1. The molecule has 0 saturated carbocycles. The Morgan fingerprint density at radius 1 is 1.25 bits per heavy atom. The van der Waals surface area contributed by atoms with E-state index in [2.05, 4.69) is 28.9 Å². The van der Waals surface area contributed by atoms with Crippen molar-refractivity contribution in [3.8, 4) is 5.69 Å². The average molecular weight is 284 g/mol. The summed E-state index contributed by atoms with van der Waals surface area (Å²) in [6, 6.07) is 12.1. The summed E-state index contributed by atoms with van der Waals surface area (Å²) in [5, 5.41) is 6.50. The normalized spacial score (nSPS) is 12.5. The van der Waals surface area contributed by atoms with Gasteiger partial charge in [0.05, 0.1) is 17.9 Å². The number of nitrogens with zero attached hydrogens (tertiary/aromatic N) is 2. The standard InChI is InChI=1S/C15H16N4S/c1-11-14(7-8-20-11)15(18-16)12-9-17-19(10-12)13-5-3-2-4-6-13/h2-10,15,18H,16H2,1H3. The molecule has 0 aliphatic carbocycles. The minimum absolute atomic E-state index is 0.0290. The first kappa shape index (κ1) is 13.1. The molecule has 0 aliphatic rings. The highest BCUT2D eigenvalue weighted by Crippen LogP contribution is 2.27. The van der Waals surface area contributed by atoms with Crippen molar-refractivity contribution in [2.45, 2.75) is 13.0 Å². The molecule has 1 unspecified atom stereocenters. The molecule has 0 fully saturated rings. The van der Waals surface area contributed by atoms with Crippen LogP contribution in [0, 0.1) is 6.92 Å². The summed E-state index contributed by atoms with van der Waals surface area (Å²) in [5.41, 5.74) is 6.17. The van der Waals surface area contributed by atoms with E-state index in [9.17, 15) is 0 Å². The first-order valence-electron chi connectivity index (χ1n) is 6.39. The predicted molar refractivity (Wildman–Crippen MR) is 81.8 cm³/mol. The van der Waals surface area contributed by atoms with Crippen molar-refractivity contribution >= 4 is 11.3 Å². The topological polar surface area (TPSA) is 55.9 Å². The van der Waals surface area contributed by atoms with Crippen LogP contribution in [0.5, 0.6) is 0 Å². The first-order chi connectivity index (χ1) is 9.79. The summed E-state index contributed by atoms with van der Waals surface area (Å²) in [5.74, 6) is 5.73. The molecule has 20 heavy (non-hydrogen) atoms. The fourth-order valence-corrected chi connectivity index (χ4v) is 3.01. The van der Waals surface area contributed by atoms with E-state index < -0.39 is 0 Å². The lowest BCUT2D eigenvalue weighted by Crippen LogP contribution is -2.28. The number of nitrogens with two attached hydrogens (primary N) is 1. The predicted octanol–water partition coefficient (Wildman–Crippen LogP) is 2.79. The number of aromatic nitrogens is 2. The van der Waals surface area contributed by atoms with E-state index >= 15 is 0 Å². The molecule has 2 aromatic heterocycles. The Hall–Kier alpha value is -1.95. The second-order valence-corrected chi connectivity index (χ2v) is 5.71. The van der Waals surface area contributed by atoms with Crippen LogP contribution in [-0.4, -0.2) is 9.78 Å². The van der Waals surface area contributed by atoms with Crippen molar-refractivity contribution in [3.63, 3.8) is 0 Å². The maximum atomic E-state index is 5.73. The number of nitrogens with one attached hydrogen (secondary N) is 1. The van der Waals surface area contributed by atoms with Crippen molar-refractivity contribution in [2.75, 3.05) is 0 Å². The van der Waals surface area contributed by atoms with Crippen molar-refractivity contribution < 1.29 is 0 Å². The lowest BCUT2D eigenvalue weighted by atomic mass is 10.0. The van der Waals surface area contributed by atoms with E-state index in [4.69, 9.17) is 5.84 Å². The van der Waals surface area contributed by atoms with Crippen LogP contribution in [0.4, 0.5) is 0 Å². The van der Waals surface area contributed by atoms with Crippen LogP contribution in [0.3, 0.4) is 0 Å². The van der Waals surface area contributed by atoms with E-state index in [0.29, 0.717) is 0 Å². The number of thiophene rings is 1. The van der Waals surface area contributed by atoms with Gasteiger partial charge in [-0.1, -0.05) is 18.2 Å². The van der Waals surface area contributed by atoms with Gasteiger partial charge >= 0.3 is 0 Å². The molecule has 0 amide bonds. The molecule has 3 rings (SSSR count). The van der Waals surface area contributed by atoms with Gasteiger partial charge in [-0.25, -0.2) is 10.1 Å². The van der Waals surface area contributed by atoms with Crippen LogP contribution in [0.25, 0.3) is 5.69 Å². The zero-order valence-electron chi connectivity index (χ0n) is 11.2. The summed E-state index contributed by atoms with van der Waals surface area (Å²) >= 11 is 1.72. The molecule has 0 bridgehead atoms. The summed E-state index contributed by atoms with van der Waals surface area (Å²) in [6.45, 7) is 2.10. The second-order valence-electron chi connectivity index (χ2n) is 4.59. The fraction of sp³-hybridized carbons (Fsp3) is 0.133. The number of aryl methyl sites for hydroxylation is 1. The fourth-order valence-electron chi connectivity index (χ4n) is 2.27. The van der Waals surface area contributed by atoms with Gasteiger partial charge in [-0.05, 0) is 36.1 Å². The molecule has 4 nitrogen and oxygen atoms in total. The van der Waals surface area contributed by atoms with Gasteiger partial charge in [0.2, 0.25) is 0 Å². The molecule has 102 valence electrons. The van der Waals surface area contributed by atoms with Gasteiger partial charge in [0, 0.05) is 16.6 Å². The highest BCUT2D eigenvalue weighted by Gasteiger charge is 2.17. The molecule has 3 aromatic rings. The van der Waals surface area contributed by atoms with E-state index in [0.717, 1.165) is 11.3 Å². The third-order valence-corrected chi connectivity index (χ3v) is 4.19. The molecule has 1 atom stereocenters. The Bertz CT molecular complexity index is 687. The molecule has 2 heterocycles. The number of para-hydroxylation sites is 1. The molecular weight excluding hydrogens is 268 g/mol. The van der Waals surface area contributed by atoms with Gasteiger partial charge in [-0.3, -0.25) is 5.84 Å². The van der Waals surface area contributed by atoms with Crippen LogP contribution in [0.15, 0.2) is 54.2 Å². The highest BCUT2D eigenvalue weighted by atomic mass is 32.1. The maximum absolute atomic E-state index is 5.73.